The van der Waals surface area contributed by atoms with Crippen molar-refractivity contribution in [3.05, 3.63) is 136 Å². The van der Waals surface area contributed by atoms with Crippen molar-refractivity contribution in [2.45, 2.75) is 110 Å². The quantitative estimate of drug-likeness (QED) is 0.0918. The van der Waals surface area contributed by atoms with Gasteiger partial charge in [-0.2, -0.15) is 0 Å². The minimum atomic E-state index is -0.511. The molecule has 0 aliphatic heterocycles. The third-order valence-corrected chi connectivity index (χ3v) is 9.40. The van der Waals surface area contributed by atoms with Gasteiger partial charge in [0, 0.05) is 5.88 Å². The van der Waals surface area contributed by atoms with Gasteiger partial charge in [-0.1, -0.05) is 160 Å². The summed E-state index contributed by atoms with van der Waals surface area (Å²) >= 11 is 5.85. The maximum atomic E-state index is 6.20. The normalized spacial score (nSPS) is 12.8. The molecule has 0 N–H and O–H groups in total. The van der Waals surface area contributed by atoms with Gasteiger partial charge in [-0.3, -0.25) is 0 Å². The molecule has 4 rings (SSSR count). The molecule has 0 saturated heterocycles. The molecule has 0 aliphatic rings. The zero-order valence-electron chi connectivity index (χ0n) is 29.3. The standard InChI is InChI=1S/C43H55ClO/c1-40(2,3)32-14-20-35(21-15-32)43(36-22-16-33(17-23-36)41(4,5)6,37-24-18-34(19-25-37)42(7,8)9)38-26-28-39(29-27-38)45-31-13-11-10-12-30-44/h14-29H,10-13,30-31H2,1-9H3. The van der Waals surface area contributed by atoms with Crippen molar-refractivity contribution in [3.63, 3.8) is 0 Å². The van der Waals surface area contributed by atoms with Gasteiger partial charge in [0.2, 0.25) is 0 Å². The van der Waals surface area contributed by atoms with Crippen molar-refractivity contribution >= 4 is 11.6 Å². The lowest BCUT2D eigenvalue weighted by atomic mass is 9.64. The van der Waals surface area contributed by atoms with E-state index in [9.17, 15) is 0 Å². The molecule has 0 radical (unpaired) electrons. The fourth-order valence-corrected chi connectivity index (χ4v) is 6.39. The summed E-state index contributed by atoms with van der Waals surface area (Å²) in [6, 6.07) is 36.9. The number of unbranched alkanes of at least 4 members (excludes halogenated alkanes) is 3. The molecule has 0 amide bonds. The monoisotopic (exact) mass is 622 g/mol. The number of rotatable bonds is 11. The molecule has 0 aromatic heterocycles. The van der Waals surface area contributed by atoms with Crippen LogP contribution in [-0.2, 0) is 21.7 Å². The third kappa shape index (κ3) is 8.23. The van der Waals surface area contributed by atoms with Crippen LogP contribution in [0.25, 0.3) is 0 Å². The van der Waals surface area contributed by atoms with Crippen LogP contribution in [0.5, 0.6) is 5.75 Å². The Morgan fingerprint density at radius 2 is 0.689 bits per heavy atom. The van der Waals surface area contributed by atoms with E-state index >= 15 is 0 Å². The molecule has 4 aromatic carbocycles. The Kier molecular flexibility index (Phi) is 11.0. The molecule has 0 fully saturated rings. The molecule has 2 heteroatoms. The Hall–Kier alpha value is -3.03. The summed E-state index contributed by atoms with van der Waals surface area (Å²) in [5, 5.41) is 0. The molecule has 1 nitrogen and oxygen atoms in total. The average molecular weight is 623 g/mol. The van der Waals surface area contributed by atoms with E-state index in [2.05, 4.69) is 159 Å². The van der Waals surface area contributed by atoms with Gasteiger partial charge in [-0.25, -0.2) is 0 Å². The minimum Gasteiger partial charge on any atom is -0.494 e. The van der Waals surface area contributed by atoms with E-state index in [0.717, 1.165) is 43.9 Å². The second-order valence-corrected chi connectivity index (χ2v) is 16.1. The summed E-state index contributed by atoms with van der Waals surface area (Å²) < 4.78 is 6.20. The number of ether oxygens (including phenoxy) is 1. The lowest BCUT2D eigenvalue weighted by Crippen LogP contribution is -2.31. The maximum Gasteiger partial charge on any atom is 0.119 e. The first-order valence-corrected chi connectivity index (χ1v) is 17.3. The van der Waals surface area contributed by atoms with Crippen LogP contribution in [0, 0.1) is 0 Å². The van der Waals surface area contributed by atoms with Gasteiger partial charge >= 0.3 is 0 Å². The van der Waals surface area contributed by atoms with Crippen molar-refractivity contribution in [1.82, 2.24) is 0 Å². The Balaban J connectivity index is 1.90. The first-order chi connectivity index (χ1) is 21.2. The highest BCUT2D eigenvalue weighted by Gasteiger charge is 2.39. The Labute approximate surface area is 279 Å². The van der Waals surface area contributed by atoms with Crippen LogP contribution in [0.1, 0.15) is 127 Å². The van der Waals surface area contributed by atoms with Gasteiger partial charge in [0.05, 0.1) is 12.0 Å². The Bertz CT molecular complexity index is 1330. The number of halogens is 1. The van der Waals surface area contributed by atoms with Crippen LogP contribution in [0.2, 0.25) is 0 Å². The van der Waals surface area contributed by atoms with Gasteiger partial charge in [0.25, 0.3) is 0 Å². The number of hydrogen-bond acceptors (Lipinski definition) is 1. The van der Waals surface area contributed by atoms with Crippen molar-refractivity contribution in [3.8, 4) is 5.75 Å². The molecule has 4 aromatic rings. The zero-order chi connectivity index (χ0) is 32.9. The van der Waals surface area contributed by atoms with Gasteiger partial charge in [-0.15, -0.1) is 11.6 Å². The second kappa shape index (κ2) is 14.2. The van der Waals surface area contributed by atoms with Gasteiger partial charge in [0.15, 0.2) is 0 Å². The highest BCUT2D eigenvalue weighted by atomic mass is 35.5. The van der Waals surface area contributed by atoms with Crippen molar-refractivity contribution in [1.29, 1.82) is 0 Å². The van der Waals surface area contributed by atoms with E-state index in [0.29, 0.717) is 0 Å². The van der Waals surface area contributed by atoms with E-state index in [4.69, 9.17) is 16.3 Å². The SMILES string of the molecule is CC(C)(C)c1ccc(C(c2ccc(OCCCCCCCl)cc2)(c2ccc(C(C)(C)C)cc2)c2ccc(C(C)(C)C)cc2)cc1. The topological polar surface area (TPSA) is 9.23 Å². The highest BCUT2D eigenvalue weighted by Crippen LogP contribution is 2.47. The van der Waals surface area contributed by atoms with Crippen molar-refractivity contribution in [2.24, 2.45) is 0 Å². The van der Waals surface area contributed by atoms with Crippen molar-refractivity contribution in [2.75, 3.05) is 12.5 Å². The summed E-state index contributed by atoms with van der Waals surface area (Å²) in [7, 11) is 0. The lowest BCUT2D eigenvalue weighted by Gasteiger charge is -2.38. The molecule has 0 aliphatic carbocycles. The lowest BCUT2D eigenvalue weighted by molar-refractivity contribution is 0.305. The fraction of sp³-hybridized carbons (Fsp3) is 0.442. The molecule has 0 heterocycles. The first-order valence-electron chi connectivity index (χ1n) is 16.8. The molecule has 0 bridgehead atoms. The van der Waals surface area contributed by atoms with Crippen LogP contribution in [0.15, 0.2) is 97.1 Å². The molecule has 0 spiro atoms. The predicted octanol–water partition coefficient (Wildman–Crippen LogP) is 12.1. The molecule has 240 valence electrons. The van der Waals surface area contributed by atoms with E-state index < -0.39 is 5.41 Å². The molecule has 0 unspecified atom stereocenters. The van der Waals surface area contributed by atoms with Crippen molar-refractivity contribution < 1.29 is 4.74 Å². The zero-order valence-corrected chi connectivity index (χ0v) is 30.0. The molecular formula is C43H55ClO. The van der Waals surface area contributed by atoms with E-state index in [1.807, 2.05) is 0 Å². The number of alkyl halides is 1. The summed E-state index contributed by atoms with van der Waals surface area (Å²) in [5.41, 5.74) is 8.73. The summed E-state index contributed by atoms with van der Waals surface area (Å²) in [4.78, 5) is 0. The minimum absolute atomic E-state index is 0.0763. The summed E-state index contributed by atoms with van der Waals surface area (Å²) in [6.07, 6.45) is 4.42. The molecule has 45 heavy (non-hydrogen) atoms. The average Bonchev–Trinajstić information content (AvgIpc) is 2.99. The fourth-order valence-electron chi connectivity index (χ4n) is 6.20. The number of benzene rings is 4. The maximum absolute atomic E-state index is 6.20. The van der Waals surface area contributed by atoms with E-state index in [-0.39, 0.29) is 16.2 Å². The van der Waals surface area contributed by atoms with E-state index in [1.54, 1.807) is 0 Å². The third-order valence-electron chi connectivity index (χ3n) is 9.14. The number of hydrogen-bond donors (Lipinski definition) is 0. The molecule has 0 saturated carbocycles. The summed E-state index contributed by atoms with van der Waals surface area (Å²) in [6.45, 7) is 21.2. The first kappa shape index (κ1) is 34.8. The smallest absolute Gasteiger partial charge is 0.119 e. The second-order valence-electron chi connectivity index (χ2n) is 15.7. The van der Waals surface area contributed by atoms with Crippen LogP contribution in [-0.4, -0.2) is 12.5 Å². The van der Waals surface area contributed by atoms with Crippen LogP contribution < -0.4 is 4.74 Å². The summed E-state index contributed by atoms with van der Waals surface area (Å²) in [5.74, 6) is 1.65. The molecule has 0 atom stereocenters. The molecular weight excluding hydrogens is 568 g/mol. The predicted molar refractivity (Wildman–Crippen MR) is 196 cm³/mol. The highest BCUT2D eigenvalue weighted by molar-refractivity contribution is 6.17. The largest absolute Gasteiger partial charge is 0.494 e. The van der Waals surface area contributed by atoms with Crippen LogP contribution in [0.4, 0.5) is 0 Å². The van der Waals surface area contributed by atoms with E-state index in [1.165, 1.54) is 38.9 Å². The Morgan fingerprint density at radius 1 is 0.400 bits per heavy atom. The Morgan fingerprint density at radius 3 is 1.00 bits per heavy atom. The van der Waals surface area contributed by atoms with Crippen LogP contribution >= 0.6 is 11.6 Å². The van der Waals surface area contributed by atoms with Gasteiger partial charge in [-0.05, 0) is 80.2 Å². The van der Waals surface area contributed by atoms with Gasteiger partial charge < -0.3 is 4.74 Å². The van der Waals surface area contributed by atoms with Crippen LogP contribution in [0.3, 0.4) is 0 Å². The van der Waals surface area contributed by atoms with Gasteiger partial charge in [0.1, 0.15) is 5.75 Å².